The second-order valence-corrected chi connectivity index (χ2v) is 8.03. The average Bonchev–Trinajstić information content (AvgIpc) is 2.89. The van der Waals surface area contributed by atoms with E-state index in [2.05, 4.69) is 32.7 Å². The van der Waals surface area contributed by atoms with E-state index in [1.54, 1.807) is 43.7 Å². The fraction of sp³-hybridized carbons (Fsp3) is 0.308. The lowest BCUT2D eigenvalue weighted by molar-refractivity contribution is 0.0963. The third-order valence-electron chi connectivity index (χ3n) is 5.39. The largest absolute Gasteiger partial charge is 0.479 e. The number of carbonyl (C=O) groups is 1. The first-order chi connectivity index (χ1) is 17.0. The highest BCUT2D eigenvalue weighted by atomic mass is 16.5. The fourth-order valence-corrected chi connectivity index (χ4v) is 3.55. The molecule has 1 aromatic heterocycles. The van der Waals surface area contributed by atoms with Gasteiger partial charge in [-0.25, -0.2) is 0 Å². The molecule has 0 spiro atoms. The Morgan fingerprint density at radius 2 is 2.06 bits per heavy atom. The third kappa shape index (κ3) is 8.62. The minimum absolute atomic E-state index is 0.162. The zero-order chi connectivity index (χ0) is 24.9. The van der Waals surface area contributed by atoms with E-state index in [0.717, 1.165) is 37.2 Å². The van der Waals surface area contributed by atoms with Crippen LogP contribution in [0.2, 0.25) is 0 Å². The molecule has 35 heavy (non-hydrogen) atoms. The van der Waals surface area contributed by atoms with Crippen LogP contribution in [0.15, 0.2) is 78.1 Å². The van der Waals surface area contributed by atoms with Crippen molar-refractivity contribution >= 4 is 18.0 Å². The molecule has 2 aromatic rings. The molecule has 0 aliphatic carbocycles. The van der Waals surface area contributed by atoms with Crippen molar-refractivity contribution in [2.24, 2.45) is 5.10 Å². The Morgan fingerprint density at radius 3 is 2.80 bits per heavy atom. The summed E-state index contributed by atoms with van der Waals surface area (Å²) in [5, 5.41) is 18.5. The molecule has 0 saturated carbocycles. The van der Waals surface area contributed by atoms with Gasteiger partial charge in [-0.05, 0) is 55.7 Å². The minimum Gasteiger partial charge on any atom is -0.479 e. The van der Waals surface area contributed by atoms with E-state index in [4.69, 9.17) is 10.1 Å². The molecule has 9 heteroatoms. The smallest absolute Gasteiger partial charge is 0.251 e. The van der Waals surface area contributed by atoms with E-state index in [9.17, 15) is 4.79 Å². The summed E-state index contributed by atoms with van der Waals surface area (Å²) in [6, 6.07) is 12.9. The number of aromatic nitrogens is 1. The number of benzene rings is 1. The van der Waals surface area contributed by atoms with Gasteiger partial charge in [-0.15, -0.1) is 0 Å². The first kappa shape index (κ1) is 25.5. The molecule has 0 radical (unpaired) electrons. The molecule has 4 N–H and O–H groups in total. The highest BCUT2D eigenvalue weighted by molar-refractivity contribution is 5.96. The molecule has 0 bridgehead atoms. The fourth-order valence-electron chi connectivity index (χ4n) is 3.55. The van der Waals surface area contributed by atoms with Gasteiger partial charge in [0.25, 0.3) is 5.91 Å². The maximum Gasteiger partial charge on any atom is 0.251 e. The van der Waals surface area contributed by atoms with E-state index in [1.807, 2.05) is 29.2 Å². The first-order valence-electron chi connectivity index (χ1n) is 11.7. The standard InChI is InChI=1S/C26H33N7O2/c1-20(35-16-12-23-11-4-5-13-29-23)31-25(18-24(27)33-14-6-3-7-15-33)32-30-19-21-9-8-10-22(17-21)26(34)28-2/h4-5,8-11,13,17-19,27,31-32H,1,3,6-7,12,14-16H2,2H3,(H,28,34)/b25-18?,27-24?,30-19+. The molecule has 1 aromatic carbocycles. The monoisotopic (exact) mass is 475 g/mol. The molecule has 0 unspecified atom stereocenters. The first-order valence-corrected chi connectivity index (χ1v) is 11.7. The number of amides is 1. The van der Waals surface area contributed by atoms with Crippen molar-refractivity contribution in [3.05, 3.63) is 89.8 Å². The number of amidine groups is 1. The third-order valence-corrected chi connectivity index (χ3v) is 5.39. The van der Waals surface area contributed by atoms with E-state index in [0.29, 0.717) is 36.1 Å². The number of nitrogens with zero attached hydrogens (tertiary/aromatic N) is 3. The number of rotatable bonds is 11. The summed E-state index contributed by atoms with van der Waals surface area (Å²) in [6.07, 6.45) is 9.04. The van der Waals surface area contributed by atoms with Gasteiger partial charge in [-0.2, -0.15) is 5.10 Å². The number of pyridine rings is 1. The predicted molar refractivity (Wildman–Crippen MR) is 138 cm³/mol. The van der Waals surface area contributed by atoms with Gasteiger partial charge < -0.3 is 20.3 Å². The van der Waals surface area contributed by atoms with Gasteiger partial charge in [0, 0.05) is 50.1 Å². The van der Waals surface area contributed by atoms with Crippen LogP contribution >= 0.6 is 0 Å². The Labute approximate surface area is 206 Å². The lowest BCUT2D eigenvalue weighted by Gasteiger charge is -2.28. The Morgan fingerprint density at radius 1 is 1.23 bits per heavy atom. The van der Waals surface area contributed by atoms with Crippen LogP contribution in [0.5, 0.6) is 0 Å². The van der Waals surface area contributed by atoms with Gasteiger partial charge >= 0.3 is 0 Å². The Hall–Kier alpha value is -4.14. The van der Waals surface area contributed by atoms with E-state index < -0.39 is 0 Å². The topological polar surface area (TPSA) is 115 Å². The molecule has 9 nitrogen and oxygen atoms in total. The maximum atomic E-state index is 11.9. The minimum atomic E-state index is -0.162. The second-order valence-electron chi connectivity index (χ2n) is 8.03. The summed E-state index contributed by atoms with van der Waals surface area (Å²) in [4.78, 5) is 18.2. The Balaban J connectivity index is 1.63. The summed E-state index contributed by atoms with van der Waals surface area (Å²) in [5.41, 5.74) is 5.18. The molecule has 3 rings (SSSR count). The quantitative estimate of drug-likeness (QED) is 0.172. The maximum absolute atomic E-state index is 11.9. The van der Waals surface area contributed by atoms with Crippen LogP contribution in [0.1, 0.15) is 40.9 Å². The molecule has 1 amide bonds. The van der Waals surface area contributed by atoms with Gasteiger partial charge in [0.2, 0.25) is 0 Å². The highest BCUT2D eigenvalue weighted by Crippen LogP contribution is 2.10. The van der Waals surface area contributed by atoms with Crippen LogP contribution < -0.4 is 16.1 Å². The van der Waals surface area contributed by atoms with Crippen LogP contribution in [-0.2, 0) is 11.2 Å². The number of hydrogen-bond acceptors (Lipinski definition) is 7. The summed E-state index contributed by atoms with van der Waals surface area (Å²) in [5.74, 6) is 1.02. The van der Waals surface area contributed by atoms with Crippen molar-refractivity contribution in [2.75, 3.05) is 26.7 Å². The Bertz CT molecular complexity index is 1060. The number of ether oxygens (including phenoxy) is 1. The van der Waals surface area contributed by atoms with Crippen LogP contribution in [0.25, 0.3) is 0 Å². The summed E-state index contributed by atoms with van der Waals surface area (Å²) >= 11 is 0. The van der Waals surface area contributed by atoms with Gasteiger partial charge in [-0.1, -0.05) is 18.2 Å². The van der Waals surface area contributed by atoms with Crippen molar-refractivity contribution in [3.8, 4) is 0 Å². The van der Waals surface area contributed by atoms with Gasteiger partial charge in [-0.3, -0.25) is 20.6 Å². The van der Waals surface area contributed by atoms with E-state index in [1.165, 1.54) is 6.42 Å². The molecular weight excluding hydrogens is 442 g/mol. The zero-order valence-corrected chi connectivity index (χ0v) is 20.1. The SMILES string of the molecule is C=C(NC(=CC(=N)N1CCCCC1)N/N=C/c1cccc(C(=O)NC)c1)OCCc1ccccn1. The molecule has 1 saturated heterocycles. The Kier molecular flexibility index (Phi) is 9.86. The summed E-state index contributed by atoms with van der Waals surface area (Å²) in [7, 11) is 1.59. The lowest BCUT2D eigenvalue weighted by atomic mass is 10.1. The average molecular weight is 476 g/mol. The molecule has 1 fully saturated rings. The molecular formula is C26H33N7O2. The van der Waals surface area contributed by atoms with Crippen LogP contribution in [0.4, 0.5) is 0 Å². The molecule has 1 aliphatic rings. The number of nitrogens with one attached hydrogen (secondary N) is 4. The van der Waals surface area contributed by atoms with Crippen molar-refractivity contribution < 1.29 is 9.53 Å². The van der Waals surface area contributed by atoms with E-state index in [-0.39, 0.29) is 5.91 Å². The van der Waals surface area contributed by atoms with Gasteiger partial charge in [0.1, 0.15) is 11.7 Å². The second kappa shape index (κ2) is 13.5. The number of hydrazone groups is 1. The predicted octanol–water partition coefficient (Wildman–Crippen LogP) is 2.99. The summed E-state index contributed by atoms with van der Waals surface area (Å²) < 4.78 is 5.72. The van der Waals surface area contributed by atoms with E-state index >= 15 is 0 Å². The zero-order valence-electron chi connectivity index (χ0n) is 20.1. The van der Waals surface area contributed by atoms with Crippen molar-refractivity contribution in [3.63, 3.8) is 0 Å². The van der Waals surface area contributed by atoms with Crippen LogP contribution in [0, 0.1) is 5.41 Å². The highest BCUT2D eigenvalue weighted by Gasteiger charge is 2.13. The molecule has 184 valence electrons. The van der Waals surface area contributed by atoms with Crippen molar-refractivity contribution in [1.82, 2.24) is 25.9 Å². The number of carbonyl (C=O) groups excluding carboxylic acids is 1. The normalized spacial score (nSPS) is 13.9. The van der Waals surface area contributed by atoms with Crippen LogP contribution in [0.3, 0.4) is 0 Å². The van der Waals surface area contributed by atoms with Crippen LogP contribution in [-0.4, -0.2) is 54.6 Å². The van der Waals surface area contributed by atoms with Crippen molar-refractivity contribution in [2.45, 2.75) is 25.7 Å². The molecule has 1 aliphatic heterocycles. The lowest BCUT2D eigenvalue weighted by Crippen LogP contribution is -2.35. The summed E-state index contributed by atoms with van der Waals surface area (Å²) in [6.45, 7) is 6.07. The number of likely N-dealkylation sites (tertiary alicyclic amines) is 1. The van der Waals surface area contributed by atoms with Crippen molar-refractivity contribution in [1.29, 1.82) is 5.41 Å². The molecule has 0 atom stereocenters. The van der Waals surface area contributed by atoms with Gasteiger partial charge in [0.15, 0.2) is 5.88 Å². The number of hydrogen-bond donors (Lipinski definition) is 4. The number of piperidine rings is 1. The van der Waals surface area contributed by atoms with Gasteiger partial charge in [0.05, 0.1) is 12.8 Å². The molecule has 2 heterocycles.